The van der Waals surface area contributed by atoms with Crippen LogP contribution >= 0.6 is 0 Å². The molecule has 2 aromatic rings. The maximum atomic E-state index is 10.7. The highest BCUT2D eigenvalue weighted by Crippen LogP contribution is 2.21. The summed E-state index contributed by atoms with van der Waals surface area (Å²) in [4.78, 5) is 12.3. The van der Waals surface area contributed by atoms with E-state index in [1.807, 2.05) is 35.8 Å². The van der Waals surface area contributed by atoms with E-state index in [-0.39, 0.29) is 10.6 Å². The Labute approximate surface area is 93.0 Å². The van der Waals surface area contributed by atoms with Gasteiger partial charge in [0.05, 0.1) is 17.1 Å². The lowest BCUT2D eigenvalue weighted by Crippen LogP contribution is -2.15. The van der Waals surface area contributed by atoms with Gasteiger partial charge in [-0.05, 0) is 26.2 Å². The smallest absolute Gasteiger partial charge is 0.271 e. The Bertz CT molecular complexity index is 531. The van der Waals surface area contributed by atoms with Gasteiger partial charge in [-0.2, -0.15) is 0 Å². The molecule has 0 radical (unpaired) electrons. The van der Waals surface area contributed by atoms with Crippen LogP contribution in [0.15, 0.2) is 30.5 Å². The van der Waals surface area contributed by atoms with Crippen molar-refractivity contribution in [1.29, 1.82) is 0 Å². The topological polar surface area (TPSA) is 51.3 Å². The van der Waals surface area contributed by atoms with Gasteiger partial charge >= 0.3 is 0 Å². The fraction of sp³-hybridized carbons (Fsp3) is 0.273. The number of hydrogen-bond donors (Lipinski definition) is 0. The van der Waals surface area contributed by atoms with Gasteiger partial charge in [0.1, 0.15) is 0 Å². The first kappa shape index (κ1) is 10.6. The second-order valence-electron chi connectivity index (χ2n) is 4.01. The van der Waals surface area contributed by atoms with Gasteiger partial charge in [0, 0.05) is 23.7 Å². The van der Waals surface area contributed by atoms with E-state index in [9.17, 15) is 10.1 Å². The molecule has 0 aliphatic rings. The number of nitro benzene ring substituents is 1. The highest BCUT2D eigenvalue weighted by Gasteiger charge is 2.09. The third-order valence-electron chi connectivity index (χ3n) is 2.40. The highest BCUT2D eigenvalue weighted by molar-refractivity contribution is 5.82. The molecule has 0 amide bonds. The van der Waals surface area contributed by atoms with E-state index in [4.69, 9.17) is 0 Å². The predicted octanol–water partition coefficient (Wildman–Crippen LogP) is 2.07. The molecule has 0 N–H and O–H groups in total. The van der Waals surface area contributed by atoms with Gasteiger partial charge < -0.3 is 4.57 Å². The zero-order chi connectivity index (χ0) is 11.7. The number of non-ortho nitro benzene ring substituents is 1. The molecule has 0 fully saturated rings. The van der Waals surface area contributed by atoms with Crippen molar-refractivity contribution in [3.05, 3.63) is 40.6 Å². The summed E-state index contributed by atoms with van der Waals surface area (Å²) < 4.78 is 1.99. The van der Waals surface area contributed by atoms with Crippen LogP contribution < -0.4 is 0 Å². The van der Waals surface area contributed by atoms with Crippen LogP contribution in [0.1, 0.15) is 0 Å². The molecular formula is C11H13N3O2. The minimum Gasteiger partial charge on any atom is -0.334 e. The van der Waals surface area contributed by atoms with Gasteiger partial charge in [0.2, 0.25) is 0 Å². The van der Waals surface area contributed by atoms with E-state index >= 15 is 0 Å². The lowest BCUT2D eigenvalue weighted by atomic mass is 10.2. The molecule has 0 aliphatic heterocycles. The van der Waals surface area contributed by atoms with Gasteiger partial charge in [-0.3, -0.25) is 15.0 Å². The zero-order valence-corrected chi connectivity index (χ0v) is 9.25. The molecule has 1 aromatic heterocycles. The van der Waals surface area contributed by atoms with Gasteiger partial charge in [-0.15, -0.1) is 0 Å². The first-order valence-corrected chi connectivity index (χ1v) is 4.96. The van der Waals surface area contributed by atoms with Crippen LogP contribution in [-0.4, -0.2) is 28.5 Å². The molecule has 0 bridgehead atoms. The maximum Gasteiger partial charge on any atom is 0.271 e. The van der Waals surface area contributed by atoms with Crippen LogP contribution in [0.2, 0.25) is 0 Å². The number of benzene rings is 1. The van der Waals surface area contributed by atoms with E-state index in [1.54, 1.807) is 12.1 Å². The van der Waals surface area contributed by atoms with Crippen LogP contribution in [0.25, 0.3) is 10.9 Å². The molecular weight excluding hydrogens is 206 g/mol. The second kappa shape index (κ2) is 3.94. The van der Waals surface area contributed by atoms with E-state index in [1.165, 1.54) is 6.07 Å². The molecule has 0 atom stereocenters. The SMILES string of the molecule is CN(C)Cn1ccc2ccc([N+](=O)[O-])cc21. The number of aromatic nitrogens is 1. The standard InChI is InChI=1S/C11H13N3O2/c1-12(2)8-13-6-5-9-3-4-10(14(15)16)7-11(9)13/h3-7H,8H2,1-2H3. The summed E-state index contributed by atoms with van der Waals surface area (Å²) in [6.07, 6.45) is 1.94. The minimum absolute atomic E-state index is 0.131. The Hall–Kier alpha value is -1.88. The summed E-state index contributed by atoms with van der Waals surface area (Å²) in [5.41, 5.74) is 1.02. The van der Waals surface area contributed by atoms with Crippen LogP contribution in [0.5, 0.6) is 0 Å². The number of hydrogen-bond acceptors (Lipinski definition) is 3. The molecule has 5 heteroatoms. The molecule has 84 valence electrons. The Morgan fingerprint density at radius 1 is 1.38 bits per heavy atom. The lowest BCUT2D eigenvalue weighted by Gasteiger charge is -2.11. The van der Waals surface area contributed by atoms with E-state index < -0.39 is 0 Å². The van der Waals surface area contributed by atoms with Crippen molar-refractivity contribution in [3.8, 4) is 0 Å². The zero-order valence-electron chi connectivity index (χ0n) is 9.25. The quantitative estimate of drug-likeness (QED) is 0.586. The van der Waals surface area contributed by atoms with E-state index in [0.29, 0.717) is 6.67 Å². The third-order valence-corrected chi connectivity index (χ3v) is 2.40. The number of rotatable bonds is 3. The molecule has 0 saturated heterocycles. The van der Waals surface area contributed by atoms with Crippen LogP contribution in [0, 0.1) is 10.1 Å². The summed E-state index contributed by atoms with van der Waals surface area (Å²) in [6.45, 7) is 0.713. The monoisotopic (exact) mass is 219 g/mol. The Balaban J connectivity index is 2.51. The fourth-order valence-corrected chi connectivity index (χ4v) is 1.71. The number of nitrogens with zero attached hydrogens (tertiary/aromatic N) is 3. The number of fused-ring (bicyclic) bond motifs is 1. The van der Waals surface area contributed by atoms with Gasteiger partial charge in [0.25, 0.3) is 5.69 Å². The summed E-state index contributed by atoms with van der Waals surface area (Å²) in [5.74, 6) is 0. The average Bonchev–Trinajstić information content (AvgIpc) is 2.60. The summed E-state index contributed by atoms with van der Waals surface area (Å²) in [6, 6.07) is 6.88. The van der Waals surface area contributed by atoms with Crippen LogP contribution in [0.3, 0.4) is 0 Å². The van der Waals surface area contributed by atoms with Crippen molar-refractivity contribution in [1.82, 2.24) is 9.47 Å². The van der Waals surface area contributed by atoms with Crippen molar-refractivity contribution in [2.45, 2.75) is 6.67 Å². The molecule has 2 rings (SSSR count). The second-order valence-corrected chi connectivity index (χ2v) is 4.01. The van der Waals surface area contributed by atoms with Crippen molar-refractivity contribution < 1.29 is 4.92 Å². The molecule has 16 heavy (non-hydrogen) atoms. The summed E-state index contributed by atoms with van der Waals surface area (Å²) in [7, 11) is 3.92. The Morgan fingerprint density at radius 2 is 2.12 bits per heavy atom. The summed E-state index contributed by atoms with van der Waals surface area (Å²) >= 11 is 0. The predicted molar refractivity (Wildman–Crippen MR) is 62.3 cm³/mol. The Morgan fingerprint density at radius 3 is 2.75 bits per heavy atom. The largest absolute Gasteiger partial charge is 0.334 e. The van der Waals surface area contributed by atoms with E-state index in [2.05, 4.69) is 0 Å². The first-order chi connectivity index (χ1) is 7.58. The molecule has 1 heterocycles. The number of nitro groups is 1. The third kappa shape index (κ3) is 1.90. The van der Waals surface area contributed by atoms with Crippen LogP contribution in [-0.2, 0) is 6.67 Å². The lowest BCUT2D eigenvalue weighted by molar-refractivity contribution is -0.384. The molecule has 0 saturated carbocycles. The van der Waals surface area contributed by atoms with E-state index in [0.717, 1.165) is 10.9 Å². The van der Waals surface area contributed by atoms with Gasteiger partial charge in [0.15, 0.2) is 0 Å². The molecule has 5 nitrogen and oxygen atoms in total. The van der Waals surface area contributed by atoms with Crippen molar-refractivity contribution in [3.63, 3.8) is 0 Å². The summed E-state index contributed by atoms with van der Waals surface area (Å²) in [5, 5.41) is 11.7. The van der Waals surface area contributed by atoms with Crippen molar-refractivity contribution in [2.75, 3.05) is 14.1 Å². The highest BCUT2D eigenvalue weighted by atomic mass is 16.6. The van der Waals surface area contributed by atoms with Crippen molar-refractivity contribution >= 4 is 16.6 Å². The fourth-order valence-electron chi connectivity index (χ4n) is 1.71. The van der Waals surface area contributed by atoms with Crippen molar-refractivity contribution in [2.24, 2.45) is 0 Å². The Kier molecular flexibility index (Phi) is 2.62. The normalized spacial score (nSPS) is 11.2. The average molecular weight is 219 g/mol. The molecule has 1 aromatic carbocycles. The minimum atomic E-state index is -0.369. The molecule has 0 spiro atoms. The van der Waals surface area contributed by atoms with Gasteiger partial charge in [-0.25, -0.2) is 0 Å². The van der Waals surface area contributed by atoms with Crippen LogP contribution in [0.4, 0.5) is 5.69 Å². The molecule has 0 unspecified atom stereocenters. The maximum absolute atomic E-state index is 10.7. The molecule has 0 aliphatic carbocycles. The first-order valence-electron chi connectivity index (χ1n) is 4.96. The van der Waals surface area contributed by atoms with Gasteiger partial charge in [-0.1, -0.05) is 0 Å².